The van der Waals surface area contributed by atoms with Crippen molar-refractivity contribution in [3.05, 3.63) is 11.6 Å². The van der Waals surface area contributed by atoms with E-state index in [-0.39, 0.29) is 28.9 Å². The molecule has 0 spiro atoms. The van der Waals surface area contributed by atoms with Crippen LogP contribution in [0.4, 0.5) is 0 Å². The quantitative estimate of drug-likeness (QED) is 0.599. The number of rotatable bonds is 4. The largest absolute Gasteiger partial charge is 0.393 e. The molecule has 0 aliphatic heterocycles. The van der Waals surface area contributed by atoms with E-state index in [4.69, 9.17) is 0 Å². The van der Waals surface area contributed by atoms with Crippen molar-refractivity contribution in [2.24, 2.45) is 40.4 Å². The van der Waals surface area contributed by atoms with Gasteiger partial charge in [0.25, 0.3) is 0 Å². The highest BCUT2D eigenvalue weighted by molar-refractivity contribution is 5.92. The summed E-state index contributed by atoms with van der Waals surface area (Å²) in [4.78, 5) is 14.8. The summed E-state index contributed by atoms with van der Waals surface area (Å²) >= 11 is 0. The molecule has 4 heteroatoms. The van der Waals surface area contributed by atoms with Gasteiger partial charge < -0.3 is 15.3 Å². The van der Waals surface area contributed by atoms with Crippen molar-refractivity contribution in [1.82, 2.24) is 10.2 Å². The summed E-state index contributed by atoms with van der Waals surface area (Å²) in [7, 11) is 4.43. The Kier molecular flexibility index (Phi) is 6.62. The Labute approximate surface area is 196 Å². The molecule has 4 aliphatic rings. The summed E-state index contributed by atoms with van der Waals surface area (Å²) in [5.41, 5.74) is 1.29. The van der Waals surface area contributed by atoms with Crippen LogP contribution >= 0.6 is 0 Å². The standard InChI is InChI=1S/C28H48N2O2/c1-8-17(2)26(32)29-20-13-14-27(4)19(15-20)9-10-21-23-12-11-22(18(3)30(6)7)28(23,5)16-24(31)25(21)27/h8,18-25,31H,9-16H2,1-7H3,(H,29,32)/b17-8+/t18-,19-,20-,21-,22+,23-,24-,25+,27-,28+/m0/s1. The van der Waals surface area contributed by atoms with Gasteiger partial charge in [-0.05, 0) is 127 Å². The minimum absolute atomic E-state index is 0.0928. The molecule has 4 fully saturated rings. The number of allylic oxidation sites excluding steroid dienone is 1. The topological polar surface area (TPSA) is 52.6 Å². The van der Waals surface area contributed by atoms with Crippen molar-refractivity contribution in [3.63, 3.8) is 0 Å². The maximum absolute atomic E-state index is 12.4. The van der Waals surface area contributed by atoms with Crippen LogP contribution in [0.25, 0.3) is 0 Å². The lowest BCUT2D eigenvalue weighted by Crippen LogP contribution is -2.60. The SMILES string of the molecule is C/C=C(\C)C(=O)N[C@H]1CC[C@@]2(C)[C@@H](CC[C@@H]3[C@@H]2[C@@H](O)C[C@]2(C)[C@@H]([C@H](C)N(C)C)CC[C@@H]32)C1. The number of hydrogen-bond donors (Lipinski definition) is 2. The molecule has 0 aromatic carbocycles. The second-order valence-corrected chi connectivity index (χ2v) is 12.7. The van der Waals surface area contributed by atoms with Gasteiger partial charge in [-0.25, -0.2) is 0 Å². The van der Waals surface area contributed by atoms with Gasteiger partial charge in [0.05, 0.1) is 6.10 Å². The number of nitrogens with one attached hydrogen (secondary N) is 1. The van der Waals surface area contributed by atoms with Crippen molar-refractivity contribution >= 4 is 5.91 Å². The Morgan fingerprint density at radius 2 is 1.84 bits per heavy atom. The molecule has 32 heavy (non-hydrogen) atoms. The van der Waals surface area contributed by atoms with E-state index in [1.54, 1.807) is 0 Å². The van der Waals surface area contributed by atoms with Crippen LogP contribution in [-0.2, 0) is 4.79 Å². The van der Waals surface area contributed by atoms with Crippen molar-refractivity contribution in [2.45, 2.75) is 104 Å². The maximum Gasteiger partial charge on any atom is 0.246 e. The number of amides is 1. The summed E-state index contributed by atoms with van der Waals surface area (Å²) < 4.78 is 0. The van der Waals surface area contributed by atoms with Crippen LogP contribution in [0.15, 0.2) is 11.6 Å². The zero-order chi connectivity index (χ0) is 23.4. The molecule has 4 rings (SSSR count). The van der Waals surface area contributed by atoms with Gasteiger partial charge in [-0.3, -0.25) is 4.79 Å². The van der Waals surface area contributed by atoms with Crippen molar-refractivity contribution in [2.75, 3.05) is 14.1 Å². The van der Waals surface area contributed by atoms with E-state index in [0.717, 1.165) is 37.2 Å². The molecule has 2 N–H and O–H groups in total. The number of aliphatic hydroxyl groups excluding tert-OH is 1. The second kappa shape index (κ2) is 8.73. The first-order valence-electron chi connectivity index (χ1n) is 13.3. The van der Waals surface area contributed by atoms with Gasteiger partial charge in [-0.15, -0.1) is 0 Å². The molecule has 4 saturated carbocycles. The first kappa shape index (κ1) is 24.3. The molecule has 0 aromatic rings. The Balaban J connectivity index is 1.52. The fraction of sp³-hybridized carbons (Fsp3) is 0.893. The maximum atomic E-state index is 12.4. The molecule has 0 aromatic heterocycles. The van der Waals surface area contributed by atoms with Crippen LogP contribution < -0.4 is 5.32 Å². The van der Waals surface area contributed by atoms with Gasteiger partial charge in [-0.1, -0.05) is 19.9 Å². The summed E-state index contributed by atoms with van der Waals surface area (Å²) in [5.74, 6) is 3.25. The minimum Gasteiger partial charge on any atom is -0.393 e. The van der Waals surface area contributed by atoms with Gasteiger partial charge in [0.2, 0.25) is 5.91 Å². The van der Waals surface area contributed by atoms with E-state index in [1.807, 2.05) is 19.9 Å². The molecule has 10 atom stereocenters. The zero-order valence-corrected chi connectivity index (χ0v) is 21.7. The average molecular weight is 445 g/mol. The van der Waals surface area contributed by atoms with Crippen molar-refractivity contribution in [3.8, 4) is 0 Å². The molecule has 0 unspecified atom stereocenters. The molecule has 0 radical (unpaired) electrons. The number of carbonyl (C=O) groups excluding carboxylic acids is 1. The van der Waals surface area contributed by atoms with Crippen LogP contribution in [0.3, 0.4) is 0 Å². The minimum atomic E-state index is -0.180. The lowest BCUT2D eigenvalue weighted by Gasteiger charge is -2.63. The normalized spacial score (nSPS) is 47.4. The third-order valence-electron chi connectivity index (χ3n) is 11.2. The van der Waals surface area contributed by atoms with Crippen LogP contribution in [0.2, 0.25) is 0 Å². The number of hydrogen-bond acceptors (Lipinski definition) is 3. The lowest BCUT2D eigenvalue weighted by atomic mass is 9.43. The van der Waals surface area contributed by atoms with Crippen molar-refractivity contribution < 1.29 is 9.90 Å². The fourth-order valence-corrected chi connectivity index (χ4v) is 9.14. The first-order chi connectivity index (χ1) is 15.0. The molecular formula is C28H48N2O2. The molecule has 4 nitrogen and oxygen atoms in total. The summed E-state index contributed by atoms with van der Waals surface area (Å²) in [5, 5.41) is 15.0. The lowest BCUT2D eigenvalue weighted by molar-refractivity contribution is -0.174. The number of carbonyl (C=O) groups is 1. The van der Waals surface area contributed by atoms with Gasteiger partial charge in [0, 0.05) is 17.7 Å². The highest BCUT2D eigenvalue weighted by atomic mass is 16.3. The third-order valence-corrected chi connectivity index (χ3v) is 11.2. The smallest absolute Gasteiger partial charge is 0.246 e. The molecule has 4 aliphatic carbocycles. The van der Waals surface area contributed by atoms with Crippen LogP contribution in [-0.4, -0.2) is 48.2 Å². The molecule has 0 heterocycles. The van der Waals surface area contributed by atoms with Gasteiger partial charge >= 0.3 is 0 Å². The Bertz CT molecular complexity index is 748. The monoisotopic (exact) mass is 444 g/mol. The second-order valence-electron chi connectivity index (χ2n) is 12.7. The number of nitrogens with zero attached hydrogens (tertiary/aromatic N) is 1. The molecule has 182 valence electrons. The number of aliphatic hydroxyl groups is 1. The van der Waals surface area contributed by atoms with Gasteiger partial charge in [0.15, 0.2) is 0 Å². The van der Waals surface area contributed by atoms with Gasteiger partial charge in [-0.2, -0.15) is 0 Å². The number of fused-ring (bicyclic) bond motifs is 5. The van der Waals surface area contributed by atoms with Crippen LogP contribution in [0.5, 0.6) is 0 Å². The Hall–Kier alpha value is -0.870. The third kappa shape index (κ3) is 3.78. The van der Waals surface area contributed by atoms with E-state index >= 15 is 0 Å². The molecule has 1 amide bonds. The van der Waals surface area contributed by atoms with Crippen LogP contribution in [0.1, 0.15) is 86.0 Å². The first-order valence-corrected chi connectivity index (χ1v) is 13.3. The fourth-order valence-electron chi connectivity index (χ4n) is 9.14. The average Bonchev–Trinajstić information content (AvgIpc) is 3.08. The molecule has 0 bridgehead atoms. The highest BCUT2D eigenvalue weighted by Gasteiger charge is 2.63. The van der Waals surface area contributed by atoms with Crippen LogP contribution in [0, 0.1) is 40.4 Å². The van der Waals surface area contributed by atoms with E-state index < -0.39 is 0 Å². The predicted molar refractivity (Wildman–Crippen MR) is 131 cm³/mol. The van der Waals surface area contributed by atoms with E-state index in [9.17, 15) is 9.90 Å². The zero-order valence-electron chi connectivity index (χ0n) is 21.7. The summed E-state index contributed by atoms with van der Waals surface area (Å²) in [6.45, 7) is 11.2. The highest BCUT2D eigenvalue weighted by Crippen LogP contribution is 2.67. The van der Waals surface area contributed by atoms with E-state index in [2.05, 4.69) is 45.1 Å². The van der Waals surface area contributed by atoms with E-state index in [1.165, 1.54) is 25.7 Å². The summed E-state index contributed by atoms with van der Waals surface area (Å²) in [6.07, 6.45) is 11.1. The Morgan fingerprint density at radius 3 is 2.50 bits per heavy atom. The van der Waals surface area contributed by atoms with Crippen molar-refractivity contribution in [1.29, 1.82) is 0 Å². The molecular weight excluding hydrogens is 396 g/mol. The van der Waals surface area contributed by atoms with Gasteiger partial charge in [0.1, 0.15) is 0 Å². The Morgan fingerprint density at radius 1 is 1.12 bits per heavy atom. The predicted octanol–water partition coefficient (Wildman–Crippen LogP) is 5.02. The summed E-state index contributed by atoms with van der Waals surface area (Å²) in [6, 6.07) is 0.857. The molecule has 0 saturated heterocycles. The van der Waals surface area contributed by atoms with E-state index in [0.29, 0.717) is 29.7 Å².